The average molecular weight is 432 g/mol. The lowest BCUT2D eigenvalue weighted by molar-refractivity contribution is 0.311. The first kappa shape index (κ1) is 17.9. The van der Waals surface area contributed by atoms with Crippen LogP contribution in [0, 0.1) is 0 Å². The molecule has 0 atom stereocenters. The van der Waals surface area contributed by atoms with Crippen molar-refractivity contribution in [3.63, 3.8) is 0 Å². The molecule has 1 fully saturated rings. The van der Waals surface area contributed by atoms with Gasteiger partial charge in [0.25, 0.3) is 0 Å². The summed E-state index contributed by atoms with van der Waals surface area (Å²) in [5, 5.41) is 3.21. The number of thioether (sulfide) groups is 1. The smallest absolute Gasteiger partial charge is 0.193 e. The number of halogens is 1. The van der Waals surface area contributed by atoms with Crippen molar-refractivity contribution >= 4 is 47.4 Å². The maximum absolute atomic E-state index is 5.98. The van der Waals surface area contributed by atoms with E-state index >= 15 is 0 Å². The Bertz CT molecular complexity index is 515. The molecule has 1 aliphatic heterocycles. The Hall–Kier alpha value is -0.470. The summed E-state index contributed by atoms with van der Waals surface area (Å²) in [6, 6.07) is 6.53. The van der Waals surface area contributed by atoms with Gasteiger partial charge in [0.2, 0.25) is 0 Å². The maximum atomic E-state index is 5.98. The molecule has 0 aromatic heterocycles. The van der Waals surface area contributed by atoms with Gasteiger partial charge in [0.1, 0.15) is 0 Å². The van der Waals surface area contributed by atoms with Gasteiger partial charge in [-0.25, -0.2) is 0 Å². The molecule has 6 heteroatoms. The van der Waals surface area contributed by atoms with Gasteiger partial charge in [-0.2, -0.15) is 11.8 Å². The fraction of sp³-hybridized carbons (Fsp3) is 0.562. The van der Waals surface area contributed by atoms with Crippen molar-refractivity contribution in [2.24, 2.45) is 10.7 Å². The van der Waals surface area contributed by atoms with E-state index in [0.717, 1.165) is 18.8 Å². The Morgan fingerprint density at radius 1 is 1.23 bits per heavy atom. The van der Waals surface area contributed by atoms with Crippen LogP contribution in [0.5, 0.6) is 0 Å². The molecular formula is C16H25IN4S. The van der Waals surface area contributed by atoms with Crippen LogP contribution in [0.15, 0.2) is 23.2 Å². The second-order valence-corrected chi connectivity index (χ2v) is 6.91. The van der Waals surface area contributed by atoms with E-state index in [1.165, 1.54) is 55.0 Å². The fourth-order valence-electron chi connectivity index (χ4n) is 2.97. The van der Waals surface area contributed by atoms with E-state index < -0.39 is 0 Å². The first-order valence-corrected chi connectivity index (χ1v) is 8.95. The van der Waals surface area contributed by atoms with Crippen molar-refractivity contribution in [1.29, 1.82) is 0 Å². The number of rotatable bonds is 4. The number of guanidine groups is 1. The van der Waals surface area contributed by atoms with Gasteiger partial charge in [-0.3, -0.25) is 9.89 Å². The van der Waals surface area contributed by atoms with Gasteiger partial charge in [-0.05, 0) is 42.5 Å². The number of hydrogen-bond acceptors (Lipinski definition) is 3. The van der Waals surface area contributed by atoms with Gasteiger partial charge in [-0.1, -0.05) is 6.07 Å². The Labute approximate surface area is 154 Å². The third kappa shape index (κ3) is 5.03. The molecule has 0 amide bonds. The predicted molar refractivity (Wildman–Crippen MR) is 108 cm³/mol. The third-order valence-electron chi connectivity index (χ3n) is 4.17. The van der Waals surface area contributed by atoms with Crippen molar-refractivity contribution in [1.82, 2.24) is 4.90 Å². The van der Waals surface area contributed by atoms with Crippen molar-refractivity contribution in [3.8, 4) is 0 Å². The summed E-state index contributed by atoms with van der Waals surface area (Å²) in [6.07, 6.45) is 3.68. The van der Waals surface area contributed by atoms with Crippen LogP contribution in [0.4, 0.5) is 5.69 Å². The minimum Gasteiger partial charge on any atom is -0.370 e. The lowest BCUT2D eigenvalue weighted by Crippen LogP contribution is -2.35. The summed E-state index contributed by atoms with van der Waals surface area (Å²) >= 11 is 2.04. The van der Waals surface area contributed by atoms with Crippen molar-refractivity contribution in [2.45, 2.75) is 19.3 Å². The zero-order valence-electron chi connectivity index (χ0n) is 12.9. The molecule has 0 bridgehead atoms. The Morgan fingerprint density at radius 2 is 2.00 bits per heavy atom. The molecule has 122 valence electrons. The van der Waals surface area contributed by atoms with Gasteiger partial charge in [0.15, 0.2) is 5.96 Å². The number of aryl methyl sites for hydroxylation is 2. The zero-order chi connectivity index (χ0) is 14.5. The molecule has 0 spiro atoms. The Balaban J connectivity index is 0.00000176. The second-order valence-electron chi connectivity index (χ2n) is 5.68. The van der Waals surface area contributed by atoms with Gasteiger partial charge >= 0.3 is 0 Å². The largest absolute Gasteiger partial charge is 0.370 e. The zero-order valence-corrected chi connectivity index (χ0v) is 16.0. The van der Waals surface area contributed by atoms with Crippen LogP contribution >= 0.6 is 35.7 Å². The SMILES string of the molecule is I.NC(=NCCN1CCSCC1)Nc1ccc2c(c1)CCC2. The molecule has 1 aromatic rings. The van der Waals surface area contributed by atoms with Gasteiger partial charge in [0.05, 0.1) is 6.54 Å². The number of nitrogens with zero attached hydrogens (tertiary/aromatic N) is 2. The summed E-state index contributed by atoms with van der Waals surface area (Å²) in [4.78, 5) is 6.90. The normalized spacial score (nSPS) is 18.6. The minimum atomic E-state index is 0. The second kappa shape index (κ2) is 8.98. The number of nitrogens with one attached hydrogen (secondary N) is 1. The molecule has 3 N–H and O–H groups in total. The van der Waals surface area contributed by atoms with Gasteiger partial charge < -0.3 is 11.1 Å². The van der Waals surface area contributed by atoms with Crippen LogP contribution in [-0.4, -0.2) is 48.5 Å². The van der Waals surface area contributed by atoms with Crippen LogP contribution in [0.3, 0.4) is 0 Å². The summed E-state index contributed by atoms with van der Waals surface area (Å²) in [7, 11) is 0. The number of fused-ring (bicyclic) bond motifs is 1. The predicted octanol–water partition coefficient (Wildman–Crippen LogP) is 2.57. The highest BCUT2D eigenvalue weighted by atomic mass is 127. The van der Waals surface area contributed by atoms with Crippen molar-refractivity contribution < 1.29 is 0 Å². The maximum Gasteiger partial charge on any atom is 0.193 e. The molecule has 3 rings (SSSR count). The molecule has 4 nitrogen and oxygen atoms in total. The van der Waals surface area contributed by atoms with E-state index in [4.69, 9.17) is 5.73 Å². The molecular weight excluding hydrogens is 407 g/mol. The van der Waals surface area contributed by atoms with Gasteiger partial charge in [-0.15, -0.1) is 24.0 Å². The van der Waals surface area contributed by atoms with E-state index in [9.17, 15) is 0 Å². The highest BCUT2D eigenvalue weighted by Gasteiger charge is 2.11. The van der Waals surface area contributed by atoms with Crippen LogP contribution in [0.2, 0.25) is 0 Å². The van der Waals surface area contributed by atoms with E-state index in [2.05, 4.69) is 33.4 Å². The lowest BCUT2D eigenvalue weighted by atomic mass is 10.1. The van der Waals surface area contributed by atoms with E-state index in [-0.39, 0.29) is 24.0 Å². The highest BCUT2D eigenvalue weighted by molar-refractivity contribution is 14.0. The highest BCUT2D eigenvalue weighted by Crippen LogP contribution is 2.24. The molecule has 1 heterocycles. The topological polar surface area (TPSA) is 53.6 Å². The summed E-state index contributed by atoms with van der Waals surface area (Å²) < 4.78 is 0. The summed E-state index contributed by atoms with van der Waals surface area (Å²) in [5.41, 5.74) is 9.99. The molecule has 0 saturated carbocycles. The van der Waals surface area contributed by atoms with Crippen molar-refractivity contribution in [2.75, 3.05) is 43.0 Å². The van der Waals surface area contributed by atoms with Crippen LogP contribution in [0.25, 0.3) is 0 Å². The Kier molecular flexibility index (Phi) is 7.30. The quantitative estimate of drug-likeness (QED) is 0.436. The van der Waals surface area contributed by atoms with Crippen LogP contribution in [0.1, 0.15) is 17.5 Å². The number of hydrogen-bond donors (Lipinski definition) is 2. The summed E-state index contributed by atoms with van der Waals surface area (Å²) in [5.74, 6) is 3.01. The molecule has 1 aromatic carbocycles. The monoisotopic (exact) mass is 432 g/mol. The first-order valence-electron chi connectivity index (χ1n) is 7.80. The molecule has 2 aliphatic rings. The molecule has 0 radical (unpaired) electrons. The number of nitrogens with two attached hydrogens (primary N) is 1. The molecule has 22 heavy (non-hydrogen) atoms. The van der Waals surface area contributed by atoms with Crippen LogP contribution in [-0.2, 0) is 12.8 Å². The third-order valence-corrected chi connectivity index (χ3v) is 5.12. The molecule has 1 aliphatic carbocycles. The van der Waals surface area contributed by atoms with Gasteiger partial charge in [0, 0.05) is 36.8 Å². The minimum absolute atomic E-state index is 0. The number of benzene rings is 1. The lowest BCUT2D eigenvalue weighted by Gasteiger charge is -2.25. The van der Waals surface area contributed by atoms with E-state index in [1.54, 1.807) is 0 Å². The standard InChI is InChI=1S/C16H24N4S.HI/c17-16(18-6-7-20-8-10-21-11-9-20)19-15-5-4-13-2-1-3-14(13)12-15;/h4-5,12H,1-3,6-11H2,(H3,17,18,19);1H. The molecule has 0 unspecified atom stereocenters. The van der Waals surface area contributed by atoms with E-state index in [1.807, 2.05) is 11.8 Å². The number of anilines is 1. The van der Waals surface area contributed by atoms with Crippen LogP contribution < -0.4 is 11.1 Å². The average Bonchev–Trinajstić information content (AvgIpc) is 2.96. The number of aliphatic imine (C=N–C) groups is 1. The molecule has 1 saturated heterocycles. The Morgan fingerprint density at radius 3 is 2.82 bits per heavy atom. The first-order chi connectivity index (χ1) is 10.3. The fourth-order valence-corrected chi connectivity index (χ4v) is 3.95. The van der Waals surface area contributed by atoms with E-state index in [0.29, 0.717) is 5.96 Å². The van der Waals surface area contributed by atoms with Crippen molar-refractivity contribution in [3.05, 3.63) is 29.3 Å². The summed E-state index contributed by atoms with van der Waals surface area (Å²) in [6.45, 7) is 4.14.